The van der Waals surface area contributed by atoms with E-state index in [1.807, 2.05) is 10.7 Å². The highest BCUT2D eigenvalue weighted by molar-refractivity contribution is 5.85. The van der Waals surface area contributed by atoms with Gasteiger partial charge in [-0.15, -0.1) is 0 Å². The van der Waals surface area contributed by atoms with E-state index in [1.54, 1.807) is 19.2 Å². The molecule has 7 heteroatoms. The Morgan fingerprint density at radius 2 is 2.05 bits per heavy atom. The summed E-state index contributed by atoms with van der Waals surface area (Å²) in [6, 6.07) is 3.60. The Bertz CT molecular complexity index is 658. The molecule has 0 spiro atoms. The van der Waals surface area contributed by atoms with Gasteiger partial charge in [-0.05, 0) is 27.7 Å². The summed E-state index contributed by atoms with van der Waals surface area (Å²) < 4.78 is 6.50. The van der Waals surface area contributed by atoms with E-state index in [1.165, 1.54) is 7.11 Å². The van der Waals surface area contributed by atoms with Gasteiger partial charge in [-0.25, -0.2) is 19.4 Å². The molecular weight excluding hydrogens is 270 g/mol. The Hall–Kier alpha value is -2.44. The molecule has 7 nitrogen and oxygen atoms in total. The van der Waals surface area contributed by atoms with Crippen LogP contribution in [0.15, 0.2) is 18.3 Å². The van der Waals surface area contributed by atoms with Gasteiger partial charge in [-0.2, -0.15) is 5.10 Å². The number of anilines is 2. The molecule has 2 aromatic rings. The Morgan fingerprint density at radius 3 is 2.67 bits per heavy atom. The van der Waals surface area contributed by atoms with Crippen LogP contribution in [0, 0.1) is 6.92 Å². The maximum absolute atomic E-state index is 11.6. The lowest BCUT2D eigenvalue weighted by atomic mass is 10.1. The van der Waals surface area contributed by atoms with Crippen molar-refractivity contribution in [3.8, 4) is 0 Å². The van der Waals surface area contributed by atoms with Crippen molar-refractivity contribution in [3.05, 3.63) is 29.8 Å². The zero-order chi connectivity index (χ0) is 15.6. The van der Waals surface area contributed by atoms with Crippen molar-refractivity contribution >= 4 is 17.6 Å². The standard InChI is InChI=1S/C14H19N5O2/c1-9-8-10(18-12(16-9)13(20)21-5)17-11-6-7-15-19(11)14(2,3)4/h6-8H,1-5H3,(H,16,17,18). The van der Waals surface area contributed by atoms with Crippen LogP contribution in [0.25, 0.3) is 0 Å². The lowest BCUT2D eigenvalue weighted by Gasteiger charge is -2.22. The Kier molecular flexibility index (Phi) is 3.93. The summed E-state index contributed by atoms with van der Waals surface area (Å²) in [4.78, 5) is 19.8. The maximum atomic E-state index is 11.6. The minimum Gasteiger partial charge on any atom is -0.463 e. The Morgan fingerprint density at radius 1 is 1.33 bits per heavy atom. The molecule has 0 amide bonds. The molecule has 0 aromatic carbocycles. The van der Waals surface area contributed by atoms with E-state index in [4.69, 9.17) is 0 Å². The van der Waals surface area contributed by atoms with Gasteiger partial charge in [0, 0.05) is 17.8 Å². The first-order valence-electron chi connectivity index (χ1n) is 6.57. The molecular formula is C14H19N5O2. The second-order valence-corrected chi connectivity index (χ2v) is 5.63. The molecule has 0 aliphatic heterocycles. The van der Waals surface area contributed by atoms with Gasteiger partial charge in [0.15, 0.2) is 0 Å². The molecule has 0 aliphatic carbocycles. The second kappa shape index (κ2) is 5.51. The first kappa shape index (κ1) is 15.0. The van der Waals surface area contributed by atoms with Crippen molar-refractivity contribution in [1.82, 2.24) is 19.7 Å². The summed E-state index contributed by atoms with van der Waals surface area (Å²) in [5.41, 5.74) is 0.508. The Labute approximate surface area is 123 Å². The van der Waals surface area contributed by atoms with Crippen molar-refractivity contribution in [3.63, 3.8) is 0 Å². The van der Waals surface area contributed by atoms with Gasteiger partial charge in [-0.1, -0.05) is 0 Å². The van der Waals surface area contributed by atoms with Crippen LogP contribution >= 0.6 is 0 Å². The molecule has 0 atom stereocenters. The summed E-state index contributed by atoms with van der Waals surface area (Å²) in [5, 5.41) is 7.46. The molecule has 2 rings (SSSR count). The predicted octanol–water partition coefficient (Wildman–Crippen LogP) is 2.27. The van der Waals surface area contributed by atoms with Crippen LogP contribution in [0.4, 0.5) is 11.6 Å². The van der Waals surface area contributed by atoms with E-state index < -0.39 is 5.97 Å². The van der Waals surface area contributed by atoms with Crippen LogP contribution in [0.1, 0.15) is 37.1 Å². The van der Waals surface area contributed by atoms with Crippen molar-refractivity contribution in [2.45, 2.75) is 33.2 Å². The molecule has 21 heavy (non-hydrogen) atoms. The third kappa shape index (κ3) is 3.36. The fourth-order valence-corrected chi connectivity index (χ4v) is 1.88. The van der Waals surface area contributed by atoms with Gasteiger partial charge in [0.2, 0.25) is 5.82 Å². The van der Waals surface area contributed by atoms with E-state index >= 15 is 0 Å². The average Bonchev–Trinajstić information content (AvgIpc) is 2.85. The molecule has 0 aliphatic rings. The summed E-state index contributed by atoms with van der Waals surface area (Å²) in [5.74, 6) is 0.776. The van der Waals surface area contributed by atoms with E-state index in [2.05, 4.69) is 45.9 Å². The van der Waals surface area contributed by atoms with Crippen molar-refractivity contribution in [2.24, 2.45) is 0 Å². The number of aromatic nitrogens is 4. The molecule has 0 bridgehead atoms. The summed E-state index contributed by atoms with van der Waals surface area (Å²) >= 11 is 0. The summed E-state index contributed by atoms with van der Waals surface area (Å²) in [7, 11) is 1.30. The highest BCUT2D eigenvalue weighted by atomic mass is 16.5. The number of aryl methyl sites for hydroxylation is 1. The molecule has 2 aromatic heterocycles. The second-order valence-electron chi connectivity index (χ2n) is 5.63. The molecule has 112 valence electrons. The minimum absolute atomic E-state index is 0.0295. The van der Waals surface area contributed by atoms with Gasteiger partial charge >= 0.3 is 5.97 Å². The Balaban J connectivity index is 2.34. The lowest BCUT2D eigenvalue weighted by molar-refractivity contribution is 0.0586. The van der Waals surface area contributed by atoms with E-state index in [0.717, 1.165) is 5.82 Å². The predicted molar refractivity (Wildman–Crippen MR) is 78.6 cm³/mol. The number of carbonyl (C=O) groups is 1. The number of hydrogen-bond donors (Lipinski definition) is 1. The maximum Gasteiger partial charge on any atom is 0.376 e. The normalized spacial score (nSPS) is 11.3. The van der Waals surface area contributed by atoms with Crippen LogP contribution in [0.2, 0.25) is 0 Å². The smallest absolute Gasteiger partial charge is 0.376 e. The zero-order valence-corrected chi connectivity index (χ0v) is 12.8. The van der Waals surface area contributed by atoms with Crippen LogP contribution in [-0.2, 0) is 10.3 Å². The number of carbonyl (C=O) groups excluding carboxylic acids is 1. The quantitative estimate of drug-likeness (QED) is 0.873. The largest absolute Gasteiger partial charge is 0.463 e. The van der Waals surface area contributed by atoms with Gasteiger partial charge in [-0.3, -0.25) is 0 Å². The van der Waals surface area contributed by atoms with E-state index in [9.17, 15) is 4.79 Å². The molecule has 0 radical (unpaired) electrons. The van der Waals surface area contributed by atoms with Crippen LogP contribution in [0.3, 0.4) is 0 Å². The average molecular weight is 289 g/mol. The molecule has 0 saturated heterocycles. The van der Waals surface area contributed by atoms with Gasteiger partial charge in [0.1, 0.15) is 11.6 Å². The minimum atomic E-state index is -0.564. The summed E-state index contributed by atoms with van der Waals surface area (Å²) in [6.45, 7) is 7.95. The number of nitrogens with zero attached hydrogens (tertiary/aromatic N) is 4. The first-order valence-corrected chi connectivity index (χ1v) is 6.57. The third-order valence-corrected chi connectivity index (χ3v) is 2.76. The van der Waals surface area contributed by atoms with Crippen molar-refractivity contribution in [2.75, 3.05) is 12.4 Å². The number of methoxy groups -OCH3 is 1. The fourth-order valence-electron chi connectivity index (χ4n) is 1.88. The number of esters is 1. The summed E-state index contributed by atoms with van der Waals surface area (Å²) in [6.07, 6.45) is 1.71. The third-order valence-electron chi connectivity index (χ3n) is 2.76. The molecule has 0 unspecified atom stereocenters. The van der Waals surface area contributed by atoms with Gasteiger partial charge in [0.05, 0.1) is 18.8 Å². The molecule has 0 fully saturated rings. The molecule has 2 heterocycles. The monoisotopic (exact) mass is 289 g/mol. The SMILES string of the molecule is COC(=O)c1nc(C)cc(Nc2ccnn2C(C)(C)C)n1. The van der Waals surface area contributed by atoms with Crippen LogP contribution < -0.4 is 5.32 Å². The number of hydrogen-bond acceptors (Lipinski definition) is 6. The highest BCUT2D eigenvalue weighted by Crippen LogP contribution is 2.22. The highest BCUT2D eigenvalue weighted by Gasteiger charge is 2.18. The first-order chi connectivity index (χ1) is 9.81. The van der Waals surface area contributed by atoms with Crippen molar-refractivity contribution in [1.29, 1.82) is 0 Å². The van der Waals surface area contributed by atoms with E-state index in [-0.39, 0.29) is 11.4 Å². The van der Waals surface area contributed by atoms with Crippen LogP contribution in [0.5, 0.6) is 0 Å². The topological polar surface area (TPSA) is 81.9 Å². The number of rotatable bonds is 3. The van der Waals surface area contributed by atoms with E-state index in [0.29, 0.717) is 11.5 Å². The van der Waals surface area contributed by atoms with Crippen molar-refractivity contribution < 1.29 is 9.53 Å². The number of nitrogens with one attached hydrogen (secondary N) is 1. The molecule has 0 saturated carbocycles. The lowest BCUT2D eigenvalue weighted by Crippen LogP contribution is -2.24. The van der Waals surface area contributed by atoms with Gasteiger partial charge < -0.3 is 10.1 Å². The molecule has 1 N–H and O–H groups in total. The fraction of sp³-hybridized carbons (Fsp3) is 0.429. The van der Waals surface area contributed by atoms with Crippen LogP contribution in [-0.4, -0.2) is 32.8 Å². The zero-order valence-electron chi connectivity index (χ0n) is 12.8. The van der Waals surface area contributed by atoms with Gasteiger partial charge in [0.25, 0.3) is 0 Å². The number of ether oxygens (including phenoxy) is 1.